The smallest absolute Gasteiger partial charge is 0.347 e. The first-order chi connectivity index (χ1) is 9.77. The fourth-order valence-corrected chi connectivity index (χ4v) is 3.42. The normalized spacial score (nSPS) is 12.4. The second kappa shape index (κ2) is 5.79. The highest BCUT2D eigenvalue weighted by Crippen LogP contribution is 2.30. The van der Waals surface area contributed by atoms with E-state index in [1.54, 1.807) is 12.3 Å². The molecule has 21 heavy (non-hydrogen) atoms. The van der Waals surface area contributed by atoms with Crippen LogP contribution in [0.1, 0.15) is 10.6 Å². The van der Waals surface area contributed by atoms with Crippen LogP contribution in [-0.4, -0.2) is 30.7 Å². The van der Waals surface area contributed by atoms with Gasteiger partial charge in [-0.3, -0.25) is 4.98 Å². The summed E-state index contributed by atoms with van der Waals surface area (Å²) in [4.78, 5) is 16.0. The minimum atomic E-state index is -3.77. The molecule has 0 saturated heterocycles. The standard InChI is InChI=1S/C14H13NO4S2/c1-9-7-10(5-6-15-9)12-4-3-11(20-12)8-13(14(16)17)21(2,18)19/h3-8H,1-2H3,(H,16,17)/b13-8+. The van der Waals surface area contributed by atoms with Crippen molar-refractivity contribution >= 4 is 33.2 Å². The van der Waals surface area contributed by atoms with Gasteiger partial charge in [-0.15, -0.1) is 11.3 Å². The zero-order valence-electron chi connectivity index (χ0n) is 11.4. The van der Waals surface area contributed by atoms with Gasteiger partial charge in [-0.05, 0) is 42.8 Å². The van der Waals surface area contributed by atoms with Crippen LogP contribution in [0.3, 0.4) is 0 Å². The van der Waals surface area contributed by atoms with Crippen LogP contribution in [0, 0.1) is 6.92 Å². The lowest BCUT2D eigenvalue weighted by Gasteiger charge is -1.98. The molecule has 0 unspecified atom stereocenters. The molecule has 2 heterocycles. The maximum absolute atomic E-state index is 11.4. The highest BCUT2D eigenvalue weighted by Gasteiger charge is 2.19. The van der Waals surface area contributed by atoms with Crippen molar-refractivity contribution in [1.29, 1.82) is 0 Å². The van der Waals surface area contributed by atoms with Crippen LogP contribution < -0.4 is 0 Å². The number of aryl methyl sites for hydroxylation is 1. The molecule has 0 aliphatic carbocycles. The Morgan fingerprint density at radius 2 is 2.05 bits per heavy atom. The number of nitrogens with zero attached hydrogens (tertiary/aromatic N) is 1. The Morgan fingerprint density at radius 1 is 1.33 bits per heavy atom. The topological polar surface area (TPSA) is 84.3 Å². The summed E-state index contributed by atoms with van der Waals surface area (Å²) in [6, 6.07) is 7.28. The SMILES string of the molecule is Cc1cc(-c2ccc(/C=C(\C(=O)O)S(C)(=O)=O)s2)ccn1. The molecular weight excluding hydrogens is 310 g/mol. The largest absolute Gasteiger partial charge is 0.477 e. The molecular formula is C14H13NO4S2. The molecule has 2 rings (SSSR count). The molecule has 0 bridgehead atoms. The van der Waals surface area contributed by atoms with Crippen LogP contribution in [0.25, 0.3) is 16.5 Å². The van der Waals surface area contributed by atoms with Gasteiger partial charge in [0, 0.05) is 27.9 Å². The number of pyridine rings is 1. The lowest BCUT2D eigenvalue weighted by Crippen LogP contribution is -2.10. The molecule has 0 spiro atoms. The second-order valence-corrected chi connectivity index (χ2v) is 7.57. The van der Waals surface area contributed by atoms with Crippen molar-refractivity contribution in [2.24, 2.45) is 0 Å². The van der Waals surface area contributed by atoms with Crippen LogP contribution in [0.2, 0.25) is 0 Å². The van der Waals surface area contributed by atoms with Gasteiger partial charge in [0.15, 0.2) is 14.7 Å². The number of hydrogen-bond donors (Lipinski definition) is 1. The molecule has 0 aliphatic heterocycles. The zero-order chi connectivity index (χ0) is 15.6. The van der Waals surface area contributed by atoms with E-state index >= 15 is 0 Å². The Balaban J connectivity index is 2.43. The molecule has 2 aromatic rings. The highest BCUT2D eigenvalue weighted by atomic mass is 32.2. The summed E-state index contributed by atoms with van der Waals surface area (Å²) in [7, 11) is -3.77. The van der Waals surface area contributed by atoms with Crippen LogP contribution >= 0.6 is 11.3 Å². The lowest BCUT2D eigenvalue weighted by molar-refractivity contribution is -0.131. The molecule has 0 saturated carbocycles. The predicted molar refractivity (Wildman–Crippen MR) is 82.7 cm³/mol. The third kappa shape index (κ3) is 3.77. The minimum Gasteiger partial charge on any atom is -0.477 e. The number of aliphatic carboxylic acids is 1. The number of sulfone groups is 1. The van der Waals surface area contributed by atoms with Gasteiger partial charge >= 0.3 is 5.97 Å². The van der Waals surface area contributed by atoms with E-state index in [1.165, 1.54) is 17.4 Å². The quantitative estimate of drug-likeness (QED) is 0.874. The Morgan fingerprint density at radius 3 is 2.62 bits per heavy atom. The number of carboxylic acid groups (broad SMARTS) is 1. The van der Waals surface area contributed by atoms with Crippen LogP contribution in [-0.2, 0) is 14.6 Å². The number of carboxylic acids is 1. The number of rotatable bonds is 4. The summed E-state index contributed by atoms with van der Waals surface area (Å²) in [5, 5.41) is 8.98. The summed E-state index contributed by atoms with van der Waals surface area (Å²) in [6.45, 7) is 1.88. The number of thiophene rings is 1. The van der Waals surface area contributed by atoms with Gasteiger partial charge in [0.1, 0.15) is 0 Å². The van der Waals surface area contributed by atoms with E-state index in [2.05, 4.69) is 4.98 Å². The van der Waals surface area contributed by atoms with Gasteiger partial charge in [0.2, 0.25) is 0 Å². The summed E-state index contributed by atoms with van der Waals surface area (Å²) < 4.78 is 22.9. The van der Waals surface area contributed by atoms with E-state index in [4.69, 9.17) is 5.11 Å². The molecule has 0 amide bonds. The minimum absolute atomic E-state index is 0.572. The molecule has 1 N–H and O–H groups in total. The van der Waals surface area contributed by atoms with E-state index in [0.29, 0.717) is 4.88 Å². The maximum atomic E-state index is 11.4. The third-order valence-electron chi connectivity index (χ3n) is 2.69. The molecule has 0 atom stereocenters. The molecule has 0 aliphatic rings. The number of carbonyl (C=O) groups is 1. The van der Waals surface area contributed by atoms with E-state index in [-0.39, 0.29) is 0 Å². The van der Waals surface area contributed by atoms with Crippen molar-refractivity contribution in [1.82, 2.24) is 4.98 Å². The number of hydrogen-bond acceptors (Lipinski definition) is 5. The van der Waals surface area contributed by atoms with Crippen molar-refractivity contribution < 1.29 is 18.3 Å². The summed E-state index contributed by atoms with van der Waals surface area (Å²) in [5.41, 5.74) is 1.84. The average Bonchev–Trinajstić information content (AvgIpc) is 2.83. The van der Waals surface area contributed by atoms with Crippen LogP contribution in [0.15, 0.2) is 35.4 Å². The van der Waals surface area contributed by atoms with Gasteiger partial charge in [0.05, 0.1) is 0 Å². The summed E-state index contributed by atoms with van der Waals surface area (Å²) >= 11 is 1.32. The molecule has 110 valence electrons. The van der Waals surface area contributed by atoms with Crippen molar-refractivity contribution in [3.05, 3.63) is 45.9 Å². The van der Waals surface area contributed by atoms with Crippen molar-refractivity contribution in [3.63, 3.8) is 0 Å². The van der Waals surface area contributed by atoms with Crippen molar-refractivity contribution in [3.8, 4) is 10.4 Å². The lowest BCUT2D eigenvalue weighted by atomic mass is 10.2. The Bertz CT molecular complexity index is 819. The van der Waals surface area contributed by atoms with Gasteiger partial charge in [-0.1, -0.05) is 0 Å². The molecule has 2 aromatic heterocycles. The van der Waals surface area contributed by atoms with Gasteiger partial charge in [-0.2, -0.15) is 0 Å². The van der Waals surface area contributed by atoms with E-state index < -0.39 is 20.7 Å². The molecule has 0 fully saturated rings. The zero-order valence-corrected chi connectivity index (χ0v) is 13.0. The Kier molecular flexibility index (Phi) is 4.24. The van der Waals surface area contributed by atoms with Crippen LogP contribution in [0.4, 0.5) is 0 Å². The van der Waals surface area contributed by atoms with Gasteiger partial charge in [-0.25, -0.2) is 13.2 Å². The van der Waals surface area contributed by atoms with Gasteiger partial charge < -0.3 is 5.11 Å². The first-order valence-corrected chi connectivity index (χ1v) is 8.66. The Labute approximate surface area is 126 Å². The van der Waals surface area contributed by atoms with Crippen LogP contribution in [0.5, 0.6) is 0 Å². The van der Waals surface area contributed by atoms with E-state index in [1.807, 2.05) is 25.1 Å². The maximum Gasteiger partial charge on any atom is 0.347 e. The van der Waals surface area contributed by atoms with E-state index in [0.717, 1.165) is 22.4 Å². The predicted octanol–water partition coefficient (Wildman–Crippen LogP) is 2.59. The fourth-order valence-electron chi connectivity index (χ4n) is 1.74. The first kappa shape index (κ1) is 15.4. The average molecular weight is 323 g/mol. The second-order valence-electron chi connectivity index (χ2n) is 4.47. The molecule has 0 radical (unpaired) electrons. The Hall–Kier alpha value is -1.99. The molecule has 7 heteroatoms. The number of aromatic nitrogens is 1. The van der Waals surface area contributed by atoms with Crippen molar-refractivity contribution in [2.45, 2.75) is 6.92 Å². The summed E-state index contributed by atoms with van der Waals surface area (Å²) in [5.74, 6) is -1.45. The monoisotopic (exact) mass is 323 g/mol. The van der Waals surface area contributed by atoms with E-state index in [9.17, 15) is 13.2 Å². The van der Waals surface area contributed by atoms with Crippen molar-refractivity contribution in [2.75, 3.05) is 6.26 Å². The first-order valence-electron chi connectivity index (χ1n) is 5.95. The highest BCUT2D eigenvalue weighted by molar-refractivity contribution is 7.95. The third-order valence-corrected chi connectivity index (χ3v) is 4.86. The molecule has 0 aromatic carbocycles. The fraction of sp³-hybridized carbons (Fsp3) is 0.143. The summed E-state index contributed by atoms with van der Waals surface area (Å²) in [6.07, 6.45) is 3.76. The van der Waals surface area contributed by atoms with Gasteiger partial charge in [0.25, 0.3) is 0 Å². The molecule has 5 nitrogen and oxygen atoms in total.